The molecule has 7 nitrogen and oxygen atoms in total. The predicted octanol–water partition coefficient (Wildman–Crippen LogP) is -0.824. The normalized spacial score (nSPS) is 13.6. The largest absolute Gasteiger partial charge is 0.382 e. The lowest BCUT2D eigenvalue weighted by Crippen LogP contribution is -2.37. The van der Waals surface area contributed by atoms with Gasteiger partial charge in [-0.05, 0) is 13.3 Å². The second-order valence-electron chi connectivity index (χ2n) is 3.99. The molecule has 96 valence electrons. The van der Waals surface area contributed by atoms with Crippen molar-refractivity contribution in [1.29, 1.82) is 0 Å². The van der Waals surface area contributed by atoms with Gasteiger partial charge in [0.1, 0.15) is 15.7 Å². The molecule has 0 spiro atoms. The van der Waals surface area contributed by atoms with Crippen LogP contribution >= 0.6 is 0 Å². The van der Waals surface area contributed by atoms with Gasteiger partial charge in [0.15, 0.2) is 0 Å². The first-order chi connectivity index (χ1) is 7.70. The van der Waals surface area contributed by atoms with Crippen LogP contribution in [0.15, 0.2) is 6.07 Å². The lowest BCUT2D eigenvalue weighted by molar-refractivity contribution is 0.0859. The molecule has 17 heavy (non-hydrogen) atoms. The Balaban J connectivity index is 2.74. The Bertz CT molecular complexity index is 520. The Labute approximate surface area is 99.7 Å². The Morgan fingerprint density at radius 2 is 2.18 bits per heavy atom. The van der Waals surface area contributed by atoms with Gasteiger partial charge in [0.25, 0.3) is 5.91 Å². The molecular weight excluding hydrogens is 244 g/mol. The van der Waals surface area contributed by atoms with Gasteiger partial charge < -0.3 is 11.5 Å². The zero-order valence-corrected chi connectivity index (χ0v) is 10.6. The third-order valence-electron chi connectivity index (χ3n) is 2.23. The average Bonchev–Trinajstić information content (AvgIpc) is 2.52. The van der Waals surface area contributed by atoms with Crippen LogP contribution in [0.4, 0.5) is 5.82 Å². The molecule has 1 atom stereocenters. The number of anilines is 1. The molecule has 0 saturated heterocycles. The maximum Gasteiger partial charge on any atom is 0.264 e. The van der Waals surface area contributed by atoms with Crippen molar-refractivity contribution in [3.8, 4) is 0 Å². The summed E-state index contributed by atoms with van der Waals surface area (Å²) in [6, 6.07) is 0.643. The van der Waals surface area contributed by atoms with Crippen LogP contribution in [0.1, 0.15) is 16.9 Å². The first-order valence-corrected chi connectivity index (χ1v) is 7.06. The summed E-state index contributed by atoms with van der Waals surface area (Å²) in [5.41, 5.74) is 11.6. The first-order valence-electron chi connectivity index (χ1n) is 5.00. The van der Waals surface area contributed by atoms with Crippen molar-refractivity contribution >= 4 is 21.6 Å². The molecule has 0 aliphatic carbocycles. The van der Waals surface area contributed by atoms with Gasteiger partial charge in [0.2, 0.25) is 0 Å². The number of hydrogen-bond acceptors (Lipinski definition) is 6. The van der Waals surface area contributed by atoms with Crippen molar-refractivity contribution in [2.45, 2.75) is 19.4 Å². The topological polar surface area (TPSA) is 121 Å². The lowest BCUT2D eigenvalue weighted by atomic mass is 10.2. The van der Waals surface area contributed by atoms with Crippen LogP contribution in [0.2, 0.25) is 0 Å². The van der Waals surface area contributed by atoms with Crippen LogP contribution < -0.4 is 11.5 Å². The van der Waals surface area contributed by atoms with Crippen LogP contribution in [0.5, 0.6) is 0 Å². The second-order valence-corrected chi connectivity index (χ2v) is 6.25. The molecule has 0 aromatic carbocycles. The maximum atomic E-state index is 11.8. The van der Waals surface area contributed by atoms with Crippen molar-refractivity contribution in [3.05, 3.63) is 11.8 Å². The van der Waals surface area contributed by atoms with Gasteiger partial charge in [-0.3, -0.25) is 4.79 Å². The number of carbonyl (C=O) groups is 1. The molecule has 0 unspecified atom stereocenters. The molecule has 1 heterocycles. The summed E-state index contributed by atoms with van der Waals surface area (Å²) in [6.45, 7) is 1.67. The van der Waals surface area contributed by atoms with E-state index in [1.54, 1.807) is 13.0 Å². The molecule has 1 aromatic heterocycles. The van der Waals surface area contributed by atoms with E-state index in [9.17, 15) is 13.2 Å². The number of rotatable bonds is 4. The highest BCUT2D eigenvalue weighted by Crippen LogP contribution is 2.06. The molecule has 1 aromatic rings. The van der Waals surface area contributed by atoms with Crippen LogP contribution in [-0.4, -0.2) is 42.2 Å². The molecule has 0 aliphatic rings. The number of nitrogens with zero attached hydrogens (tertiary/aromatic N) is 2. The van der Waals surface area contributed by atoms with Crippen molar-refractivity contribution in [3.63, 3.8) is 0 Å². The van der Waals surface area contributed by atoms with E-state index in [-0.39, 0.29) is 18.0 Å². The van der Waals surface area contributed by atoms with Crippen molar-refractivity contribution in [1.82, 2.24) is 9.78 Å². The highest BCUT2D eigenvalue weighted by molar-refractivity contribution is 7.90. The van der Waals surface area contributed by atoms with Crippen LogP contribution in [0.25, 0.3) is 0 Å². The van der Waals surface area contributed by atoms with Gasteiger partial charge in [-0.15, -0.1) is 5.10 Å². The number of hydrogen-bond donors (Lipinski definition) is 2. The minimum absolute atomic E-state index is 0.0663. The fourth-order valence-corrected chi connectivity index (χ4v) is 2.03. The van der Waals surface area contributed by atoms with Gasteiger partial charge in [-0.25, -0.2) is 13.1 Å². The highest BCUT2D eigenvalue weighted by atomic mass is 32.2. The van der Waals surface area contributed by atoms with Crippen LogP contribution in [0.3, 0.4) is 0 Å². The van der Waals surface area contributed by atoms with Crippen molar-refractivity contribution < 1.29 is 13.2 Å². The number of sulfone groups is 1. The third-order valence-corrected chi connectivity index (χ3v) is 3.21. The molecule has 0 bridgehead atoms. The molecule has 8 heteroatoms. The molecule has 0 fully saturated rings. The van der Waals surface area contributed by atoms with E-state index < -0.39 is 21.8 Å². The molecule has 4 N–H and O–H groups in total. The summed E-state index contributed by atoms with van der Waals surface area (Å²) in [5.74, 6) is -0.357. The van der Waals surface area contributed by atoms with Gasteiger partial charge in [-0.2, -0.15) is 0 Å². The number of nitrogen functional groups attached to an aromatic ring is 1. The highest BCUT2D eigenvalue weighted by Gasteiger charge is 2.20. The summed E-state index contributed by atoms with van der Waals surface area (Å²) in [4.78, 5) is 11.8. The SMILES string of the molecule is Cc1cc(N)nn1C(=O)[C@@H](N)CCS(C)(=O)=O. The first kappa shape index (κ1) is 13.7. The van der Waals surface area contributed by atoms with Gasteiger partial charge >= 0.3 is 0 Å². The van der Waals surface area contributed by atoms with E-state index >= 15 is 0 Å². The third kappa shape index (κ3) is 3.82. The Hall–Kier alpha value is -1.41. The summed E-state index contributed by atoms with van der Waals surface area (Å²) >= 11 is 0. The summed E-state index contributed by atoms with van der Waals surface area (Å²) in [5, 5.41) is 3.79. The van der Waals surface area contributed by atoms with Gasteiger partial charge in [-0.1, -0.05) is 0 Å². The zero-order chi connectivity index (χ0) is 13.2. The minimum Gasteiger partial charge on any atom is -0.382 e. The molecule has 0 saturated carbocycles. The van der Waals surface area contributed by atoms with E-state index in [0.717, 1.165) is 10.9 Å². The maximum absolute atomic E-state index is 11.8. The number of carbonyl (C=O) groups excluding carboxylic acids is 1. The quantitative estimate of drug-likeness (QED) is 0.729. The van der Waals surface area contributed by atoms with Crippen molar-refractivity contribution in [2.75, 3.05) is 17.7 Å². The molecule has 0 aliphatic heterocycles. The fraction of sp³-hybridized carbons (Fsp3) is 0.556. The van der Waals surface area contributed by atoms with Gasteiger partial charge in [0, 0.05) is 18.0 Å². The monoisotopic (exact) mass is 260 g/mol. The van der Waals surface area contributed by atoms with E-state index in [1.807, 2.05) is 0 Å². The number of aryl methyl sites for hydroxylation is 1. The number of nitrogens with two attached hydrogens (primary N) is 2. The van der Waals surface area contributed by atoms with Gasteiger partial charge in [0.05, 0.1) is 11.8 Å². The molecular formula is C9H16N4O3S. The second kappa shape index (κ2) is 4.84. The lowest BCUT2D eigenvalue weighted by Gasteiger charge is -2.10. The molecule has 0 radical (unpaired) electrons. The van der Waals surface area contributed by atoms with Crippen LogP contribution in [0, 0.1) is 6.92 Å². The Morgan fingerprint density at radius 1 is 1.59 bits per heavy atom. The van der Waals surface area contributed by atoms with Crippen LogP contribution in [-0.2, 0) is 9.84 Å². The van der Waals surface area contributed by atoms with Crippen molar-refractivity contribution in [2.24, 2.45) is 5.73 Å². The minimum atomic E-state index is -3.13. The number of aromatic nitrogens is 2. The molecule has 1 rings (SSSR count). The standard InChI is InChI=1S/C9H16N4O3S/c1-6-5-8(11)12-13(6)9(14)7(10)3-4-17(2,15)16/h5,7H,3-4,10H2,1-2H3,(H2,11,12)/t7-/m0/s1. The van der Waals surface area contributed by atoms with E-state index in [2.05, 4.69) is 5.10 Å². The summed E-state index contributed by atoms with van der Waals surface area (Å²) in [7, 11) is -3.13. The average molecular weight is 260 g/mol. The smallest absolute Gasteiger partial charge is 0.264 e. The Morgan fingerprint density at radius 3 is 2.59 bits per heavy atom. The van der Waals surface area contributed by atoms with E-state index in [4.69, 9.17) is 11.5 Å². The molecule has 0 amide bonds. The summed E-state index contributed by atoms with van der Waals surface area (Å²) < 4.78 is 23.0. The van der Waals surface area contributed by atoms with E-state index in [0.29, 0.717) is 5.69 Å². The summed E-state index contributed by atoms with van der Waals surface area (Å²) in [6.07, 6.45) is 1.16. The predicted molar refractivity (Wildman–Crippen MR) is 64.3 cm³/mol. The van der Waals surface area contributed by atoms with E-state index in [1.165, 1.54) is 0 Å². The Kier molecular flexibility index (Phi) is 3.89. The fourth-order valence-electron chi connectivity index (χ4n) is 1.34. The zero-order valence-electron chi connectivity index (χ0n) is 9.75.